The van der Waals surface area contributed by atoms with E-state index in [0.29, 0.717) is 6.54 Å². The van der Waals surface area contributed by atoms with Crippen molar-refractivity contribution in [1.82, 2.24) is 10.0 Å². The van der Waals surface area contributed by atoms with E-state index < -0.39 is 15.8 Å². The summed E-state index contributed by atoms with van der Waals surface area (Å²) in [6.45, 7) is 3.57. The largest absolute Gasteiger partial charge is 0.495 e. The molecule has 0 amide bonds. The first-order valence-corrected chi connectivity index (χ1v) is 8.43. The second kappa shape index (κ2) is 9.58. The maximum atomic E-state index is 13.5. The predicted molar refractivity (Wildman–Crippen MR) is 86.2 cm³/mol. The Bertz CT molecular complexity index is 558. The average molecular weight is 406 g/mol. The van der Waals surface area contributed by atoms with Gasteiger partial charge in [0.25, 0.3) is 0 Å². The van der Waals surface area contributed by atoms with Crippen LogP contribution in [-0.4, -0.2) is 35.2 Å². The van der Waals surface area contributed by atoms with Gasteiger partial charge in [0.1, 0.15) is 16.5 Å². The van der Waals surface area contributed by atoms with E-state index in [1.807, 2.05) is 6.92 Å². The van der Waals surface area contributed by atoms with E-state index in [2.05, 4.69) is 26.0 Å². The minimum Gasteiger partial charge on any atom is -0.495 e. The van der Waals surface area contributed by atoms with Gasteiger partial charge < -0.3 is 10.1 Å². The lowest BCUT2D eigenvalue weighted by Crippen LogP contribution is -2.32. The summed E-state index contributed by atoms with van der Waals surface area (Å²) in [6.07, 6.45) is 0.971. The number of methoxy groups -OCH3 is 1. The zero-order valence-corrected chi connectivity index (χ0v) is 15.0. The van der Waals surface area contributed by atoms with Crippen molar-refractivity contribution < 1.29 is 17.5 Å². The van der Waals surface area contributed by atoms with Crippen LogP contribution in [0, 0.1) is 5.82 Å². The van der Waals surface area contributed by atoms with Crippen LogP contribution >= 0.6 is 28.3 Å². The number of ether oxygens (including phenoxy) is 1. The normalized spacial score (nSPS) is 11.0. The zero-order valence-electron chi connectivity index (χ0n) is 11.8. The third kappa shape index (κ3) is 6.07. The second-order valence-corrected chi connectivity index (χ2v) is 6.65. The number of benzene rings is 1. The van der Waals surface area contributed by atoms with Crippen molar-refractivity contribution in [2.45, 2.75) is 18.2 Å². The molecule has 0 aliphatic carbocycles. The van der Waals surface area contributed by atoms with Crippen LogP contribution < -0.4 is 14.8 Å². The highest BCUT2D eigenvalue weighted by atomic mass is 79.9. The summed E-state index contributed by atoms with van der Waals surface area (Å²) in [5.41, 5.74) is 0. The lowest BCUT2D eigenvalue weighted by molar-refractivity contribution is 0.400. The van der Waals surface area contributed by atoms with Crippen LogP contribution in [0.4, 0.5) is 4.39 Å². The molecule has 2 N–H and O–H groups in total. The van der Waals surface area contributed by atoms with Gasteiger partial charge in [-0.2, -0.15) is 0 Å². The highest BCUT2D eigenvalue weighted by Crippen LogP contribution is 2.29. The SMILES string of the molecule is CCCNCCNS(=O)(=O)c1cc(F)c(Br)cc1OC.Cl. The van der Waals surface area contributed by atoms with Crippen molar-refractivity contribution in [3.05, 3.63) is 22.4 Å². The van der Waals surface area contributed by atoms with Gasteiger partial charge in [-0.1, -0.05) is 6.92 Å². The third-order valence-corrected chi connectivity index (χ3v) is 4.61. The van der Waals surface area contributed by atoms with Crippen molar-refractivity contribution in [2.75, 3.05) is 26.7 Å². The lowest BCUT2D eigenvalue weighted by atomic mass is 10.3. The maximum absolute atomic E-state index is 13.5. The average Bonchev–Trinajstić information content (AvgIpc) is 2.41. The molecule has 0 bridgehead atoms. The molecule has 0 aliphatic heterocycles. The zero-order chi connectivity index (χ0) is 15.2. The number of rotatable bonds is 8. The van der Waals surface area contributed by atoms with E-state index in [4.69, 9.17) is 4.74 Å². The molecule has 0 radical (unpaired) electrons. The smallest absolute Gasteiger partial charge is 0.244 e. The van der Waals surface area contributed by atoms with Gasteiger partial charge in [-0.25, -0.2) is 17.5 Å². The maximum Gasteiger partial charge on any atom is 0.244 e. The second-order valence-electron chi connectivity index (χ2n) is 4.06. The fourth-order valence-corrected chi connectivity index (χ4v) is 3.05. The Morgan fingerprint density at radius 1 is 1.29 bits per heavy atom. The summed E-state index contributed by atoms with van der Waals surface area (Å²) >= 11 is 2.99. The molecule has 1 aromatic carbocycles. The molecule has 0 spiro atoms. The monoisotopic (exact) mass is 404 g/mol. The summed E-state index contributed by atoms with van der Waals surface area (Å²) in [6, 6.07) is 2.23. The molecule has 1 aromatic rings. The van der Waals surface area contributed by atoms with Gasteiger partial charge in [0.05, 0.1) is 11.6 Å². The first-order chi connectivity index (χ1) is 9.42. The summed E-state index contributed by atoms with van der Waals surface area (Å²) in [5.74, 6) is -0.567. The van der Waals surface area contributed by atoms with Gasteiger partial charge in [0, 0.05) is 13.1 Å². The van der Waals surface area contributed by atoms with Gasteiger partial charge >= 0.3 is 0 Å². The molecular formula is C12H19BrClFN2O3S. The lowest BCUT2D eigenvalue weighted by Gasteiger charge is -2.12. The third-order valence-electron chi connectivity index (χ3n) is 2.52. The number of nitrogens with one attached hydrogen (secondary N) is 2. The molecule has 0 saturated heterocycles. The minimum absolute atomic E-state index is 0. The molecule has 0 atom stereocenters. The molecule has 122 valence electrons. The summed E-state index contributed by atoms with van der Waals surface area (Å²) in [7, 11) is -2.47. The quantitative estimate of drug-likeness (QED) is 0.651. The Hall–Kier alpha value is -0.410. The summed E-state index contributed by atoms with van der Waals surface area (Å²) < 4.78 is 45.3. The number of sulfonamides is 1. The van der Waals surface area contributed by atoms with Crippen molar-refractivity contribution in [3.63, 3.8) is 0 Å². The van der Waals surface area contributed by atoms with Crippen LogP contribution in [-0.2, 0) is 10.0 Å². The van der Waals surface area contributed by atoms with E-state index in [1.165, 1.54) is 13.2 Å². The van der Waals surface area contributed by atoms with Crippen molar-refractivity contribution in [2.24, 2.45) is 0 Å². The summed E-state index contributed by atoms with van der Waals surface area (Å²) in [5, 5.41) is 3.07. The Morgan fingerprint density at radius 2 is 1.95 bits per heavy atom. The molecule has 5 nitrogen and oxygen atoms in total. The standard InChI is InChI=1S/C12H18BrFN2O3S.ClH/c1-3-4-15-5-6-16-20(17,18)12-8-10(14)9(13)7-11(12)19-2;/h7-8,15-16H,3-6H2,1-2H3;1H. The van der Waals surface area contributed by atoms with Gasteiger partial charge in [-0.05, 0) is 41.0 Å². The minimum atomic E-state index is -3.81. The Labute approximate surface area is 139 Å². The fraction of sp³-hybridized carbons (Fsp3) is 0.500. The molecule has 9 heteroatoms. The number of hydrogen-bond donors (Lipinski definition) is 2. The topological polar surface area (TPSA) is 67.4 Å². The molecule has 0 saturated carbocycles. The molecular weight excluding hydrogens is 387 g/mol. The Balaban J connectivity index is 0.00000400. The van der Waals surface area contributed by atoms with Gasteiger partial charge in [0.2, 0.25) is 10.0 Å². The van der Waals surface area contributed by atoms with E-state index in [1.54, 1.807) is 0 Å². The van der Waals surface area contributed by atoms with Gasteiger partial charge in [-0.3, -0.25) is 0 Å². The number of hydrogen-bond acceptors (Lipinski definition) is 4. The van der Waals surface area contributed by atoms with Gasteiger partial charge in [0.15, 0.2) is 0 Å². The molecule has 0 heterocycles. The summed E-state index contributed by atoms with van der Waals surface area (Å²) in [4.78, 5) is -0.212. The van der Waals surface area contributed by atoms with Crippen LogP contribution in [0.3, 0.4) is 0 Å². The van der Waals surface area contributed by atoms with Crippen LogP contribution in [0.25, 0.3) is 0 Å². The van der Waals surface area contributed by atoms with E-state index in [0.717, 1.165) is 19.0 Å². The van der Waals surface area contributed by atoms with Crippen LogP contribution in [0.15, 0.2) is 21.5 Å². The molecule has 1 rings (SSSR count). The fourth-order valence-electron chi connectivity index (χ4n) is 1.53. The predicted octanol–water partition coefficient (Wildman–Crippen LogP) is 2.30. The molecule has 0 fully saturated rings. The molecule has 21 heavy (non-hydrogen) atoms. The first kappa shape index (κ1) is 20.6. The molecule has 0 unspecified atom stereocenters. The van der Waals surface area contributed by atoms with E-state index in [-0.39, 0.29) is 34.1 Å². The van der Waals surface area contributed by atoms with Crippen molar-refractivity contribution >= 4 is 38.4 Å². The Kier molecular flexibility index (Phi) is 9.39. The van der Waals surface area contributed by atoms with Crippen LogP contribution in [0.2, 0.25) is 0 Å². The van der Waals surface area contributed by atoms with Gasteiger partial charge in [-0.15, -0.1) is 12.4 Å². The van der Waals surface area contributed by atoms with Crippen molar-refractivity contribution in [3.8, 4) is 5.75 Å². The molecule has 0 aliphatic rings. The van der Waals surface area contributed by atoms with Crippen LogP contribution in [0.5, 0.6) is 5.75 Å². The van der Waals surface area contributed by atoms with Crippen molar-refractivity contribution in [1.29, 1.82) is 0 Å². The van der Waals surface area contributed by atoms with E-state index >= 15 is 0 Å². The Morgan fingerprint density at radius 3 is 2.52 bits per heavy atom. The van der Waals surface area contributed by atoms with E-state index in [9.17, 15) is 12.8 Å². The number of halogens is 3. The van der Waals surface area contributed by atoms with Crippen LogP contribution in [0.1, 0.15) is 13.3 Å². The highest BCUT2D eigenvalue weighted by molar-refractivity contribution is 9.10. The molecule has 0 aromatic heterocycles. The first-order valence-electron chi connectivity index (χ1n) is 6.15. The highest BCUT2D eigenvalue weighted by Gasteiger charge is 2.21.